The molecule has 0 aromatic heterocycles. The van der Waals surface area contributed by atoms with E-state index in [0.717, 1.165) is 50.5 Å². The molecule has 1 rings (SSSR count). The lowest BCUT2D eigenvalue weighted by Crippen LogP contribution is -2.20. The van der Waals surface area contributed by atoms with Gasteiger partial charge in [0.1, 0.15) is 6.10 Å². The average molecular weight is 566 g/mol. The number of esters is 1. The van der Waals surface area contributed by atoms with Gasteiger partial charge in [0, 0.05) is 12.8 Å². The number of carboxylic acids is 1. The molecule has 1 fully saturated rings. The first-order valence-corrected chi connectivity index (χ1v) is 17.5. The van der Waals surface area contributed by atoms with Gasteiger partial charge in [-0.3, -0.25) is 9.59 Å². The molecule has 0 aromatic rings. The van der Waals surface area contributed by atoms with Crippen molar-refractivity contribution in [1.29, 1.82) is 0 Å². The second-order valence-electron chi connectivity index (χ2n) is 13.1. The normalized spacial score (nSPS) is 17.3. The first kappa shape index (κ1) is 36.9. The lowest BCUT2D eigenvalue weighted by atomic mass is 10.0. The molecule has 0 bridgehead atoms. The first-order valence-electron chi connectivity index (χ1n) is 17.5. The van der Waals surface area contributed by atoms with Gasteiger partial charge in [-0.2, -0.15) is 0 Å². The number of rotatable bonds is 30. The fourth-order valence-corrected chi connectivity index (χ4v) is 6.09. The van der Waals surface area contributed by atoms with Crippen molar-refractivity contribution < 1.29 is 19.4 Å². The van der Waals surface area contributed by atoms with Gasteiger partial charge in [0.05, 0.1) is 0 Å². The standard InChI is InChI=1S/C35H67NO4/c1-4-5-6-7-8-14-19-25-33(40-35(39)28-22-29-36(2)3)26-20-15-10-9-12-17-23-31-30-32(31)24-18-13-11-16-21-27-34(37)38/h31-33H,4-30H2,1-3H3,(H,37,38). The largest absolute Gasteiger partial charge is 0.481 e. The summed E-state index contributed by atoms with van der Waals surface area (Å²) in [6.07, 6.45) is 31.0. The molecule has 0 saturated heterocycles. The Morgan fingerprint density at radius 1 is 0.675 bits per heavy atom. The average Bonchev–Trinajstić information content (AvgIpc) is 3.66. The number of nitrogens with zero attached hydrogens (tertiary/aromatic N) is 1. The Bertz CT molecular complexity index is 608. The molecule has 5 heteroatoms. The molecule has 5 nitrogen and oxygen atoms in total. The van der Waals surface area contributed by atoms with Crippen molar-refractivity contribution in [3.63, 3.8) is 0 Å². The van der Waals surface area contributed by atoms with Gasteiger partial charge in [0.25, 0.3) is 0 Å². The van der Waals surface area contributed by atoms with Gasteiger partial charge in [0.15, 0.2) is 0 Å². The molecule has 0 amide bonds. The van der Waals surface area contributed by atoms with Crippen molar-refractivity contribution in [1.82, 2.24) is 4.90 Å². The van der Waals surface area contributed by atoms with Crippen LogP contribution in [0.4, 0.5) is 0 Å². The molecule has 0 aliphatic heterocycles. The number of ether oxygens (including phenoxy) is 1. The molecule has 0 spiro atoms. The van der Waals surface area contributed by atoms with Crippen LogP contribution in [0.25, 0.3) is 0 Å². The van der Waals surface area contributed by atoms with Crippen LogP contribution in [0.1, 0.15) is 174 Å². The third-order valence-corrected chi connectivity index (χ3v) is 8.80. The maximum absolute atomic E-state index is 12.4. The van der Waals surface area contributed by atoms with E-state index in [2.05, 4.69) is 25.9 Å². The zero-order valence-corrected chi connectivity index (χ0v) is 26.9. The smallest absolute Gasteiger partial charge is 0.306 e. The molecule has 0 heterocycles. The van der Waals surface area contributed by atoms with Gasteiger partial charge in [-0.1, -0.05) is 116 Å². The summed E-state index contributed by atoms with van der Waals surface area (Å²) < 4.78 is 5.95. The summed E-state index contributed by atoms with van der Waals surface area (Å²) in [6.45, 7) is 3.21. The molecule has 1 aliphatic carbocycles. The summed E-state index contributed by atoms with van der Waals surface area (Å²) in [6, 6.07) is 0. The van der Waals surface area contributed by atoms with Crippen molar-refractivity contribution in [3.8, 4) is 0 Å². The van der Waals surface area contributed by atoms with E-state index in [4.69, 9.17) is 9.84 Å². The van der Waals surface area contributed by atoms with Crippen LogP contribution in [-0.4, -0.2) is 48.7 Å². The minimum Gasteiger partial charge on any atom is -0.481 e. The minimum absolute atomic E-state index is 0.00363. The Morgan fingerprint density at radius 2 is 1.15 bits per heavy atom. The molecule has 1 N–H and O–H groups in total. The van der Waals surface area contributed by atoms with Gasteiger partial charge < -0.3 is 14.7 Å². The van der Waals surface area contributed by atoms with E-state index in [-0.39, 0.29) is 12.1 Å². The molecule has 0 aromatic carbocycles. The Kier molecular flexibility index (Phi) is 23.6. The summed E-state index contributed by atoms with van der Waals surface area (Å²) in [5.74, 6) is 1.32. The molecule has 1 aliphatic rings. The van der Waals surface area contributed by atoms with Gasteiger partial charge in [-0.25, -0.2) is 0 Å². The van der Waals surface area contributed by atoms with Crippen molar-refractivity contribution in [2.45, 2.75) is 180 Å². The lowest BCUT2D eigenvalue weighted by Gasteiger charge is -2.18. The predicted molar refractivity (Wildman–Crippen MR) is 169 cm³/mol. The molecule has 1 saturated carbocycles. The van der Waals surface area contributed by atoms with E-state index < -0.39 is 5.97 Å². The van der Waals surface area contributed by atoms with Gasteiger partial charge >= 0.3 is 11.9 Å². The zero-order chi connectivity index (χ0) is 29.3. The molecular formula is C35H67NO4. The number of aliphatic carboxylic acids is 1. The zero-order valence-electron chi connectivity index (χ0n) is 26.9. The second-order valence-corrected chi connectivity index (χ2v) is 13.1. The maximum Gasteiger partial charge on any atom is 0.306 e. The highest BCUT2D eigenvalue weighted by molar-refractivity contribution is 5.69. The molecular weight excluding hydrogens is 498 g/mol. The third-order valence-electron chi connectivity index (χ3n) is 8.80. The number of carbonyl (C=O) groups is 2. The highest BCUT2D eigenvalue weighted by atomic mass is 16.5. The van der Waals surface area contributed by atoms with Crippen LogP contribution in [0.5, 0.6) is 0 Å². The van der Waals surface area contributed by atoms with Crippen LogP contribution in [0.3, 0.4) is 0 Å². The Labute approximate surface area is 248 Å². The number of carbonyl (C=O) groups excluding carboxylic acids is 1. The number of carboxylic acid groups (broad SMARTS) is 1. The van der Waals surface area contributed by atoms with E-state index in [1.807, 2.05) is 0 Å². The quantitative estimate of drug-likeness (QED) is 0.0693. The van der Waals surface area contributed by atoms with Crippen molar-refractivity contribution >= 4 is 11.9 Å². The highest BCUT2D eigenvalue weighted by Crippen LogP contribution is 2.45. The van der Waals surface area contributed by atoms with E-state index in [1.54, 1.807) is 0 Å². The van der Waals surface area contributed by atoms with Crippen LogP contribution in [-0.2, 0) is 14.3 Å². The monoisotopic (exact) mass is 566 g/mol. The molecule has 0 radical (unpaired) electrons. The fourth-order valence-electron chi connectivity index (χ4n) is 6.09. The summed E-state index contributed by atoms with van der Waals surface area (Å²) in [7, 11) is 4.10. The van der Waals surface area contributed by atoms with Gasteiger partial charge in [0.2, 0.25) is 0 Å². The second kappa shape index (κ2) is 25.6. The molecule has 40 heavy (non-hydrogen) atoms. The lowest BCUT2D eigenvalue weighted by molar-refractivity contribution is -0.150. The molecule has 236 valence electrons. The van der Waals surface area contributed by atoms with Crippen molar-refractivity contribution in [2.24, 2.45) is 11.8 Å². The van der Waals surface area contributed by atoms with E-state index >= 15 is 0 Å². The summed E-state index contributed by atoms with van der Waals surface area (Å²) in [4.78, 5) is 25.1. The molecule has 3 atom stereocenters. The SMILES string of the molecule is CCCCCCCCCC(CCCCCCCCC1CC1CCCCCCCC(=O)O)OC(=O)CCCN(C)C. The Hall–Kier alpha value is -1.10. The van der Waals surface area contributed by atoms with Crippen molar-refractivity contribution in [2.75, 3.05) is 20.6 Å². The Balaban J connectivity index is 2.05. The first-order chi connectivity index (χ1) is 19.4. The minimum atomic E-state index is -0.659. The van der Waals surface area contributed by atoms with Crippen LogP contribution in [0.15, 0.2) is 0 Å². The van der Waals surface area contributed by atoms with Crippen molar-refractivity contribution in [3.05, 3.63) is 0 Å². The number of hydrogen-bond acceptors (Lipinski definition) is 4. The summed E-state index contributed by atoms with van der Waals surface area (Å²) >= 11 is 0. The van der Waals surface area contributed by atoms with Crippen LogP contribution in [0.2, 0.25) is 0 Å². The number of hydrogen-bond donors (Lipinski definition) is 1. The number of unbranched alkanes of at least 4 members (excludes halogenated alkanes) is 15. The fraction of sp³-hybridized carbons (Fsp3) is 0.943. The van der Waals surface area contributed by atoms with Crippen LogP contribution >= 0.6 is 0 Å². The van der Waals surface area contributed by atoms with E-state index in [9.17, 15) is 9.59 Å². The summed E-state index contributed by atoms with van der Waals surface area (Å²) in [5, 5.41) is 8.69. The maximum atomic E-state index is 12.4. The van der Waals surface area contributed by atoms with Gasteiger partial charge in [-0.15, -0.1) is 0 Å². The van der Waals surface area contributed by atoms with E-state index in [1.165, 1.54) is 122 Å². The molecule has 3 unspecified atom stereocenters. The Morgan fingerprint density at radius 3 is 1.65 bits per heavy atom. The van der Waals surface area contributed by atoms with Crippen LogP contribution < -0.4 is 0 Å². The predicted octanol–water partition coefficient (Wildman–Crippen LogP) is 9.95. The third kappa shape index (κ3) is 23.6. The topological polar surface area (TPSA) is 66.8 Å². The summed E-state index contributed by atoms with van der Waals surface area (Å²) in [5.41, 5.74) is 0. The van der Waals surface area contributed by atoms with E-state index in [0.29, 0.717) is 12.8 Å². The van der Waals surface area contributed by atoms with Crippen LogP contribution in [0, 0.1) is 11.8 Å². The van der Waals surface area contributed by atoms with Gasteiger partial charge in [-0.05, 0) is 77.4 Å². The highest BCUT2D eigenvalue weighted by Gasteiger charge is 2.35.